The topological polar surface area (TPSA) is 76.9 Å². The van der Waals surface area contributed by atoms with Gasteiger partial charge in [0.1, 0.15) is 0 Å². The van der Waals surface area contributed by atoms with Gasteiger partial charge in [0.2, 0.25) is 0 Å². The van der Waals surface area contributed by atoms with Crippen molar-refractivity contribution in [2.24, 2.45) is 5.41 Å². The molecule has 7 heteroatoms. The van der Waals surface area contributed by atoms with Crippen LogP contribution in [0.15, 0.2) is 6.07 Å². The minimum absolute atomic E-state index is 0.0730. The van der Waals surface area contributed by atoms with E-state index in [2.05, 4.69) is 29.2 Å². The SMILES string of the molecule is CCn1nc(C(=O)Nc2nc3c(s2)C(=O)CC(C)(C)C3)cc1C. The number of nitrogens with one attached hydrogen (secondary N) is 1. The van der Waals surface area contributed by atoms with Crippen molar-refractivity contribution >= 4 is 28.2 Å². The van der Waals surface area contributed by atoms with E-state index in [4.69, 9.17) is 0 Å². The van der Waals surface area contributed by atoms with Gasteiger partial charge in [0, 0.05) is 18.7 Å². The molecule has 0 saturated carbocycles. The molecule has 0 saturated heterocycles. The molecule has 0 aromatic carbocycles. The first-order chi connectivity index (χ1) is 10.8. The highest BCUT2D eigenvalue weighted by Crippen LogP contribution is 2.38. The number of ketones is 1. The van der Waals surface area contributed by atoms with Crippen LogP contribution in [-0.2, 0) is 13.0 Å². The van der Waals surface area contributed by atoms with Gasteiger partial charge >= 0.3 is 0 Å². The average molecular weight is 332 g/mol. The maximum atomic E-state index is 12.3. The van der Waals surface area contributed by atoms with E-state index < -0.39 is 0 Å². The second kappa shape index (κ2) is 5.56. The first-order valence-electron chi connectivity index (χ1n) is 7.68. The third-order valence-corrected chi connectivity index (χ3v) is 5.02. The summed E-state index contributed by atoms with van der Waals surface area (Å²) in [6.45, 7) is 8.73. The second-order valence-corrected chi connectivity index (χ2v) is 7.68. The molecule has 0 atom stereocenters. The normalized spacial score (nSPS) is 16.3. The van der Waals surface area contributed by atoms with Gasteiger partial charge in [-0.1, -0.05) is 25.2 Å². The van der Waals surface area contributed by atoms with Gasteiger partial charge < -0.3 is 0 Å². The van der Waals surface area contributed by atoms with Crippen LogP contribution in [0, 0.1) is 12.3 Å². The quantitative estimate of drug-likeness (QED) is 0.937. The fourth-order valence-electron chi connectivity index (χ4n) is 2.88. The van der Waals surface area contributed by atoms with Crippen LogP contribution in [0.5, 0.6) is 0 Å². The van der Waals surface area contributed by atoms with Crippen molar-refractivity contribution < 1.29 is 9.59 Å². The summed E-state index contributed by atoms with van der Waals surface area (Å²) < 4.78 is 1.77. The number of Topliss-reactive ketones (excluding diaryl/α,β-unsaturated/α-hetero) is 1. The summed E-state index contributed by atoms with van der Waals surface area (Å²) in [7, 11) is 0. The van der Waals surface area contributed by atoms with Crippen LogP contribution in [0.25, 0.3) is 0 Å². The Kier molecular flexibility index (Phi) is 3.83. The molecule has 1 aliphatic rings. The second-order valence-electron chi connectivity index (χ2n) is 6.68. The molecule has 3 rings (SSSR count). The molecule has 23 heavy (non-hydrogen) atoms. The molecule has 2 aromatic rings. The van der Waals surface area contributed by atoms with Gasteiger partial charge in [-0.2, -0.15) is 5.10 Å². The number of hydrogen-bond acceptors (Lipinski definition) is 5. The monoisotopic (exact) mass is 332 g/mol. The predicted octanol–water partition coefficient (Wildman–Crippen LogP) is 3.08. The summed E-state index contributed by atoms with van der Waals surface area (Å²) >= 11 is 1.26. The van der Waals surface area contributed by atoms with Crippen LogP contribution in [-0.4, -0.2) is 26.5 Å². The van der Waals surface area contributed by atoms with Crippen molar-refractivity contribution in [3.8, 4) is 0 Å². The molecule has 6 nitrogen and oxygen atoms in total. The molecule has 122 valence electrons. The summed E-state index contributed by atoms with van der Waals surface area (Å²) in [6.07, 6.45) is 1.28. The Balaban J connectivity index is 1.81. The smallest absolute Gasteiger partial charge is 0.277 e. The zero-order chi connectivity index (χ0) is 16.8. The summed E-state index contributed by atoms with van der Waals surface area (Å²) in [5.74, 6) is -0.182. The van der Waals surface area contributed by atoms with E-state index >= 15 is 0 Å². The minimum atomic E-state index is -0.293. The number of aryl methyl sites for hydroxylation is 2. The molecule has 0 unspecified atom stereocenters. The van der Waals surface area contributed by atoms with Gasteiger partial charge in [0.05, 0.1) is 10.6 Å². The first kappa shape index (κ1) is 15.9. The third-order valence-electron chi connectivity index (χ3n) is 3.97. The predicted molar refractivity (Wildman–Crippen MR) is 89.1 cm³/mol. The van der Waals surface area contributed by atoms with Gasteiger partial charge in [0.25, 0.3) is 5.91 Å². The molecule has 1 aliphatic carbocycles. The zero-order valence-electron chi connectivity index (χ0n) is 13.8. The highest BCUT2D eigenvalue weighted by atomic mass is 32.1. The molecule has 0 radical (unpaired) electrons. The van der Waals surface area contributed by atoms with E-state index in [0.717, 1.165) is 17.8 Å². The summed E-state index contributed by atoms with van der Waals surface area (Å²) in [5.41, 5.74) is 2.02. The number of aromatic nitrogens is 3. The fraction of sp³-hybridized carbons (Fsp3) is 0.500. The van der Waals surface area contributed by atoms with Gasteiger partial charge in [0.15, 0.2) is 16.6 Å². The van der Waals surface area contributed by atoms with Crippen molar-refractivity contribution in [2.75, 3.05) is 5.32 Å². The van der Waals surface area contributed by atoms with Gasteiger partial charge in [-0.3, -0.25) is 19.6 Å². The number of amides is 1. The summed E-state index contributed by atoms with van der Waals surface area (Å²) in [5, 5.41) is 7.49. The molecule has 1 N–H and O–H groups in total. The van der Waals surface area contributed by atoms with Crippen LogP contribution >= 0.6 is 11.3 Å². The Morgan fingerprint density at radius 1 is 1.43 bits per heavy atom. The molecule has 0 aliphatic heterocycles. The van der Waals surface area contributed by atoms with Crippen molar-refractivity contribution in [3.05, 3.63) is 28.0 Å². The van der Waals surface area contributed by atoms with Crippen molar-refractivity contribution in [1.29, 1.82) is 0 Å². The largest absolute Gasteiger partial charge is 0.296 e. The van der Waals surface area contributed by atoms with E-state index in [1.807, 2.05) is 13.8 Å². The van der Waals surface area contributed by atoms with Crippen LogP contribution in [0.2, 0.25) is 0 Å². The molecule has 2 aromatic heterocycles. The highest BCUT2D eigenvalue weighted by molar-refractivity contribution is 7.17. The summed E-state index contributed by atoms with van der Waals surface area (Å²) in [6, 6.07) is 1.75. The number of anilines is 1. The highest BCUT2D eigenvalue weighted by Gasteiger charge is 2.34. The number of hydrogen-bond donors (Lipinski definition) is 1. The van der Waals surface area contributed by atoms with Gasteiger partial charge in [-0.15, -0.1) is 0 Å². The Hall–Kier alpha value is -2.02. The van der Waals surface area contributed by atoms with Crippen molar-refractivity contribution in [3.63, 3.8) is 0 Å². The molecular formula is C16H20N4O2S. The van der Waals surface area contributed by atoms with Crippen LogP contribution in [0.4, 0.5) is 5.13 Å². The lowest BCUT2D eigenvalue weighted by atomic mass is 9.78. The lowest BCUT2D eigenvalue weighted by molar-refractivity contribution is 0.0915. The lowest BCUT2D eigenvalue weighted by Crippen LogP contribution is -2.26. The number of carbonyl (C=O) groups is 2. The molecule has 1 amide bonds. The molecule has 0 fully saturated rings. The molecule has 2 heterocycles. The van der Waals surface area contributed by atoms with E-state index in [0.29, 0.717) is 28.7 Å². The first-order valence-corrected chi connectivity index (χ1v) is 8.49. The fourth-order valence-corrected chi connectivity index (χ4v) is 3.79. The lowest BCUT2D eigenvalue weighted by Gasteiger charge is -2.26. The maximum absolute atomic E-state index is 12.3. The average Bonchev–Trinajstić information content (AvgIpc) is 3.00. The minimum Gasteiger partial charge on any atom is -0.296 e. The number of nitrogens with zero attached hydrogens (tertiary/aromatic N) is 3. The standard InChI is InChI=1S/C16H20N4O2S/c1-5-20-9(2)6-10(19-20)14(22)18-15-17-11-7-16(3,4)8-12(21)13(11)23-15/h6H,5,7-8H2,1-4H3,(H,17,18,22). The van der Waals surface area contributed by atoms with E-state index in [1.54, 1.807) is 10.7 Å². The molecule has 0 spiro atoms. The van der Waals surface area contributed by atoms with E-state index in [-0.39, 0.29) is 17.1 Å². The Labute approximate surface area is 138 Å². The molecule has 0 bridgehead atoms. The Bertz CT molecular complexity index is 788. The van der Waals surface area contributed by atoms with Gasteiger partial charge in [-0.25, -0.2) is 4.98 Å². The van der Waals surface area contributed by atoms with Crippen LogP contribution in [0.1, 0.15) is 58.7 Å². The Morgan fingerprint density at radius 3 is 2.83 bits per heavy atom. The number of fused-ring (bicyclic) bond motifs is 1. The van der Waals surface area contributed by atoms with E-state index in [9.17, 15) is 9.59 Å². The number of rotatable bonds is 3. The zero-order valence-corrected chi connectivity index (χ0v) is 14.6. The third kappa shape index (κ3) is 3.06. The number of thiazole rings is 1. The number of carbonyl (C=O) groups excluding carboxylic acids is 2. The maximum Gasteiger partial charge on any atom is 0.277 e. The van der Waals surface area contributed by atoms with Crippen LogP contribution in [0.3, 0.4) is 0 Å². The Morgan fingerprint density at radius 2 is 2.17 bits per heavy atom. The van der Waals surface area contributed by atoms with Gasteiger partial charge in [-0.05, 0) is 31.7 Å². The van der Waals surface area contributed by atoms with Crippen LogP contribution < -0.4 is 5.32 Å². The van der Waals surface area contributed by atoms with E-state index in [1.165, 1.54) is 11.3 Å². The van der Waals surface area contributed by atoms with Crippen molar-refractivity contribution in [2.45, 2.75) is 47.1 Å². The van der Waals surface area contributed by atoms with Crippen molar-refractivity contribution in [1.82, 2.24) is 14.8 Å². The molecular weight excluding hydrogens is 312 g/mol. The summed E-state index contributed by atoms with van der Waals surface area (Å²) in [4.78, 5) is 29.6.